The molecular formula is C22H30N4O3. The molecule has 156 valence electrons. The first kappa shape index (κ1) is 21.0. The Morgan fingerprint density at radius 1 is 1.31 bits per heavy atom. The summed E-state index contributed by atoms with van der Waals surface area (Å²) in [4.78, 5) is 31.3. The maximum Gasteiger partial charge on any atom is 0.223 e. The van der Waals surface area contributed by atoms with Crippen LogP contribution < -0.4 is 10.6 Å². The highest BCUT2D eigenvalue weighted by molar-refractivity contribution is 5.79. The van der Waals surface area contributed by atoms with Gasteiger partial charge >= 0.3 is 0 Å². The fraction of sp³-hybridized carbons (Fsp3) is 0.500. The minimum atomic E-state index is -0.121. The summed E-state index contributed by atoms with van der Waals surface area (Å²) in [5, 5.41) is 5.93. The maximum atomic E-state index is 12.7. The number of carbonyl (C=O) groups excluding carboxylic acids is 2. The molecule has 1 unspecified atom stereocenters. The number of hydrogen-bond donors (Lipinski definition) is 2. The molecule has 0 aliphatic carbocycles. The van der Waals surface area contributed by atoms with Crippen molar-refractivity contribution in [2.24, 2.45) is 5.92 Å². The van der Waals surface area contributed by atoms with Gasteiger partial charge in [0, 0.05) is 44.4 Å². The third-order valence-electron chi connectivity index (χ3n) is 5.23. The lowest BCUT2D eigenvalue weighted by molar-refractivity contribution is -0.126. The number of hydrogen-bond acceptors (Lipinski definition) is 5. The lowest BCUT2D eigenvalue weighted by Gasteiger charge is -2.22. The monoisotopic (exact) mass is 398 g/mol. The molecule has 1 atom stereocenters. The number of aromatic nitrogens is 1. The molecule has 1 aliphatic heterocycles. The molecule has 3 heterocycles. The predicted molar refractivity (Wildman–Crippen MR) is 110 cm³/mol. The Balaban J connectivity index is 1.55. The molecule has 7 heteroatoms. The lowest BCUT2D eigenvalue weighted by atomic mass is 9.98. The molecule has 7 nitrogen and oxygen atoms in total. The molecule has 0 aromatic carbocycles. The van der Waals surface area contributed by atoms with E-state index in [4.69, 9.17) is 4.42 Å². The second-order valence-corrected chi connectivity index (χ2v) is 7.60. The van der Waals surface area contributed by atoms with Crippen molar-refractivity contribution < 1.29 is 14.0 Å². The lowest BCUT2D eigenvalue weighted by Crippen LogP contribution is -2.33. The summed E-state index contributed by atoms with van der Waals surface area (Å²) in [6.45, 7) is 5.12. The van der Waals surface area contributed by atoms with Gasteiger partial charge in [0.05, 0.1) is 6.54 Å². The van der Waals surface area contributed by atoms with Crippen molar-refractivity contribution >= 4 is 11.8 Å². The van der Waals surface area contributed by atoms with Gasteiger partial charge in [-0.25, -0.2) is 0 Å². The van der Waals surface area contributed by atoms with E-state index >= 15 is 0 Å². The van der Waals surface area contributed by atoms with E-state index in [0.29, 0.717) is 32.5 Å². The van der Waals surface area contributed by atoms with E-state index in [1.54, 1.807) is 6.20 Å². The van der Waals surface area contributed by atoms with Gasteiger partial charge in [0.2, 0.25) is 11.8 Å². The zero-order chi connectivity index (χ0) is 20.5. The summed E-state index contributed by atoms with van der Waals surface area (Å²) in [6, 6.07) is 7.74. The molecule has 1 saturated heterocycles. The van der Waals surface area contributed by atoms with Crippen LogP contribution in [-0.2, 0) is 22.7 Å². The first-order valence-electron chi connectivity index (χ1n) is 10.3. The molecule has 2 aromatic rings. The Kier molecular flexibility index (Phi) is 7.81. The predicted octanol–water partition coefficient (Wildman–Crippen LogP) is 2.41. The molecule has 2 aromatic heterocycles. The van der Waals surface area contributed by atoms with Gasteiger partial charge in [-0.1, -0.05) is 6.07 Å². The number of pyridine rings is 1. The van der Waals surface area contributed by atoms with Gasteiger partial charge in [-0.3, -0.25) is 19.5 Å². The second-order valence-electron chi connectivity index (χ2n) is 7.60. The van der Waals surface area contributed by atoms with E-state index in [9.17, 15) is 9.59 Å². The standard InChI is InChI=1S/C22H30N4O3/c1-17-6-7-20(29-17)15-25-22(28)19-5-3-12-26(13-9-21(27)24-11-8-19)16-18-4-2-10-23-14-18/h2,4,6-7,10,14,19H,3,5,8-9,11-13,15-16H2,1H3,(H,24,27)(H,25,28). The SMILES string of the molecule is Cc1ccc(CNC(=O)C2CCCN(Cc3cccnc3)CCC(=O)NCC2)o1. The summed E-state index contributed by atoms with van der Waals surface area (Å²) in [6.07, 6.45) is 6.44. The Labute approximate surface area is 171 Å². The third kappa shape index (κ3) is 7.02. The van der Waals surface area contributed by atoms with Crippen LogP contribution in [0.5, 0.6) is 0 Å². The summed E-state index contributed by atoms with van der Waals surface area (Å²) < 4.78 is 5.52. The molecule has 3 rings (SSSR count). The van der Waals surface area contributed by atoms with Gasteiger partial charge in [-0.15, -0.1) is 0 Å². The van der Waals surface area contributed by atoms with Crippen molar-refractivity contribution in [3.63, 3.8) is 0 Å². The highest BCUT2D eigenvalue weighted by Gasteiger charge is 2.20. The maximum absolute atomic E-state index is 12.7. The molecule has 2 amide bonds. The van der Waals surface area contributed by atoms with Crippen LogP contribution in [0.2, 0.25) is 0 Å². The van der Waals surface area contributed by atoms with E-state index in [-0.39, 0.29) is 17.7 Å². The molecule has 0 saturated carbocycles. The zero-order valence-corrected chi connectivity index (χ0v) is 17.0. The fourth-order valence-corrected chi connectivity index (χ4v) is 3.62. The third-order valence-corrected chi connectivity index (χ3v) is 5.23. The van der Waals surface area contributed by atoms with Crippen LogP contribution in [0.15, 0.2) is 41.1 Å². The molecule has 1 aliphatic rings. The van der Waals surface area contributed by atoms with Crippen molar-refractivity contribution in [2.45, 2.75) is 45.7 Å². The minimum absolute atomic E-state index is 0.0198. The van der Waals surface area contributed by atoms with Crippen molar-refractivity contribution in [1.29, 1.82) is 0 Å². The molecule has 0 spiro atoms. The van der Waals surface area contributed by atoms with Crippen LogP contribution in [-0.4, -0.2) is 41.3 Å². The quantitative estimate of drug-likeness (QED) is 0.808. The van der Waals surface area contributed by atoms with Crippen LogP contribution in [0.4, 0.5) is 0 Å². The van der Waals surface area contributed by atoms with Crippen LogP contribution in [0.25, 0.3) is 0 Å². The first-order chi connectivity index (χ1) is 14.1. The topological polar surface area (TPSA) is 87.5 Å². The number of nitrogens with one attached hydrogen (secondary N) is 2. The van der Waals surface area contributed by atoms with Crippen molar-refractivity contribution in [3.8, 4) is 0 Å². The van der Waals surface area contributed by atoms with Crippen molar-refractivity contribution in [1.82, 2.24) is 20.5 Å². The van der Waals surface area contributed by atoms with E-state index in [1.165, 1.54) is 0 Å². The van der Waals surface area contributed by atoms with Crippen LogP contribution in [0, 0.1) is 12.8 Å². The highest BCUT2D eigenvalue weighted by Crippen LogP contribution is 2.15. The second kappa shape index (κ2) is 10.8. The van der Waals surface area contributed by atoms with E-state index < -0.39 is 0 Å². The van der Waals surface area contributed by atoms with Crippen molar-refractivity contribution in [2.75, 3.05) is 19.6 Å². The average Bonchev–Trinajstić information content (AvgIpc) is 3.13. The number of nitrogens with zero attached hydrogens (tertiary/aromatic N) is 2. The van der Waals surface area contributed by atoms with Crippen LogP contribution in [0.3, 0.4) is 0 Å². The van der Waals surface area contributed by atoms with Crippen LogP contribution in [0.1, 0.15) is 42.8 Å². The number of rotatable bonds is 5. The van der Waals surface area contributed by atoms with Gasteiger partial charge in [0.25, 0.3) is 0 Å². The summed E-state index contributed by atoms with van der Waals surface area (Å²) in [5.74, 6) is 1.52. The number of aryl methyl sites for hydroxylation is 1. The molecule has 2 N–H and O–H groups in total. The number of furan rings is 1. The zero-order valence-electron chi connectivity index (χ0n) is 17.0. The molecule has 0 bridgehead atoms. The van der Waals surface area contributed by atoms with Gasteiger partial charge in [-0.2, -0.15) is 0 Å². The highest BCUT2D eigenvalue weighted by atomic mass is 16.3. The largest absolute Gasteiger partial charge is 0.465 e. The Morgan fingerprint density at radius 2 is 2.21 bits per heavy atom. The summed E-state index contributed by atoms with van der Waals surface area (Å²) >= 11 is 0. The number of amides is 2. The molecule has 29 heavy (non-hydrogen) atoms. The fourth-order valence-electron chi connectivity index (χ4n) is 3.62. The molecular weight excluding hydrogens is 368 g/mol. The van der Waals surface area contributed by atoms with Crippen molar-refractivity contribution in [3.05, 3.63) is 53.7 Å². The average molecular weight is 399 g/mol. The Bertz CT molecular complexity index is 790. The van der Waals surface area contributed by atoms with Gasteiger partial charge in [0.1, 0.15) is 11.5 Å². The van der Waals surface area contributed by atoms with Gasteiger partial charge in [0.15, 0.2) is 0 Å². The van der Waals surface area contributed by atoms with E-state index in [0.717, 1.165) is 43.0 Å². The normalized spacial score (nSPS) is 19.2. The van der Waals surface area contributed by atoms with Gasteiger partial charge < -0.3 is 15.1 Å². The smallest absolute Gasteiger partial charge is 0.223 e. The first-order valence-corrected chi connectivity index (χ1v) is 10.3. The molecule has 0 radical (unpaired) electrons. The molecule has 1 fully saturated rings. The van der Waals surface area contributed by atoms with E-state index in [1.807, 2.05) is 37.4 Å². The Morgan fingerprint density at radius 3 is 2.97 bits per heavy atom. The Hall–Kier alpha value is -2.67. The van der Waals surface area contributed by atoms with E-state index in [2.05, 4.69) is 20.5 Å². The number of carbonyl (C=O) groups is 2. The summed E-state index contributed by atoms with van der Waals surface area (Å²) in [7, 11) is 0. The summed E-state index contributed by atoms with van der Waals surface area (Å²) in [5.41, 5.74) is 1.13. The van der Waals surface area contributed by atoms with Crippen LogP contribution >= 0.6 is 0 Å². The minimum Gasteiger partial charge on any atom is -0.465 e. The van der Waals surface area contributed by atoms with Gasteiger partial charge in [-0.05, 0) is 56.5 Å².